The average Bonchev–Trinajstić information content (AvgIpc) is 2.68. The van der Waals surface area contributed by atoms with Crippen LogP contribution in [0.4, 0.5) is 0 Å². The van der Waals surface area contributed by atoms with Gasteiger partial charge in [0.25, 0.3) is 0 Å². The molecule has 1 amide bonds. The molecular formula is C12H22N2O. The molecule has 0 radical (unpaired) electrons. The Kier molecular flexibility index (Phi) is 2.75. The molecule has 0 spiro atoms. The SMILES string of the molecule is CC(C)C(C)C(=O)N1CC2C(CN)C2C1. The molecule has 0 aromatic heterocycles. The van der Waals surface area contributed by atoms with Gasteiger partial charge in [0.1, 0.15) is 0 Å². The molecule has 3 unspecified atom stereocenters. The number of carbonyl (C=O) groups is 1. The van der Waals surface area contributed by atoms with Crippen molar-refractivity contribution in [1.29, 1.82) is 0 Å². The summed E-state index contributed by atoms with van der Waals surface area (Å²) < 4.78 is 0. The van der Waals surface area contributed by atoms with Crippen molar-refractivity contribution in [3.05, 3.63) is 0 Å². The van der Waals surface area contributed by atoms with Gasteiger partial charge in [-0.3, -0.25) is 4.79 Å². The molecule has 3 atom stereocenters. The van der Waals surface area contributed by atoms with Crippen molar-refractivity contribution in [3.8, 4) is 0 Å². The first-order valence-electron chi connectivity index (χ1n) is 6.05. The molecule has 1 aliphatic carbocycles. The monoisotopic (exact) mass is 210 g/mol. The first kappa shape index (κ1) is 10.9. The Balaban J connectivity index is 1.86. The van der Waals surface area contributed by atoms with Gasteiger partial charge in [-0.15, -0.1) is 0 Å². The lowest BCUT2D eigenvalue weighted by atomic mass is 9.96. The van der Waals surface area contributed by atoms with E-state index in [0.717, 1.165) is 31.5 Å². The molecule has 1 saturated carbocycles. The summed E-state index contributed by atoms with van der Waals surface area (Å²) in [4.78, 5) is 14.1. The summed E-state index contributed by atoms with van der Waals surface area (Å²) in [6.07, 6.45) is 0. The molecule has 3 nitrogen and oxygen atoms in total. The Morgan fingerprint density at radius 2 is 1.87 bits per heavy atom. The number of fused-ring (bicyclic) bond motifs is 1. The number of nitrogens with zero attached hydrogens (tertiary/aromatic N) is 1. The summed E-state index contributed by atoms with van der Waals surface area (Å²) in [6, 6.07) is 0. The number of amides is 1. The van der Waals surface area contributed by atoms with Crippen LogP contribution in [0.1, 0.15) is 20.8 Å². The molecule has 3 heteroatoms. The van der Waals surface area contributed by atoms with E-state index in [0.29, 0.717) is 17.7 Å². The van der Waals surface area contributed by atoms with Gasteiger partial charge in [0, 0.05) is 19.0 Å². The minimum absolute atomic E-state index is 0.166. The molecule has 15 heavy (non-hydrogen) atoms. The van der Waals surface area contributed by atoms with Crippen LogP contribution in [0, 0.1) is 29.6 Å². The molecule has 1 saturated heterocycles. The summed E-state index contributed by atoms with van der Waals surface area (Å²) >= 11 is 0. The third-order valence-electron chi connectivity index (χ3n) is 4.34. The lowest BCUT2D eigenvalue weighted by Crippen LogP contribution is -2.37. The van der Waals surface area contributed by atoms with Crippen LogP contribution in [-0.2, 0) is 4.79 Å². The maximum absolute atomic E-state index is 12.0. The molecule has 86 valence electrons. The summed E-state index contributed by atoms with van der Waals surface area (Å²) in [5, 5.41) is 0. The zero-order valence-corrected chi connectivity index (χ0v) is 9.94. The molecule has 2 fully saturated rings. The summed E-state index contributed by atoms with van der Waals surface area (Å²) in [6.45, 7) is 8.99. The standard InChI is InChI=1S/C12H22N2O/c1-7(2)8(3)12(15)14-5-10-9(4-13)11(10)6-14/h7-11H,4-6,13H2,1-3H3. The fourth-order valence-electron chi connectivity index (χ4n) is 2.75. The number of carbonyl (C=O) groups excluding carboxylic acids is 1. The molecule has 2 N–H and O–H groups in total. The fraction of sp³-hybridized carbons (Fsp3) is 0.917. The van der Waals surface area contributed by atoms with Crippen molar-refractivity contribution in [1.82, 2.24) is 4.90 Å². The highest BCUT2D eigenvalue weighted by Crippen LogP contribution is 2.51. The van der Waals surface area contributed by atoms with Crippen molar-refractivity contribution in [3.63, 3.8) is 0 Å². The second kappa shape index (κ2) is 3.78. The van der Waals surface area contributed by atoms with Gasteiger partial charge in [-0.05, 0) is 30.2 Å². The van der Waals surface area contributed by atoms with E-state index in [1.54, 1.807) is 0 Å². The fourth-order valence-corrected chi connectivity index (χ4v) is 2.75. The molecule has 1 aliphatic heterocycles. The van der Waals surface area contributed by atoms with Crippen LogP contribution in [0.3, 0.4) is 0 Å². The smallest absolute Gasteiger partial charge is 0.225 e. The quantitative estimate of drug-likeness (QED) is 0.753. The van der Waals surface area contributed by atoms with E-state index in [4.69, 9.17) is 5.73 Å². The number of hydrogen-bond donors (Lipinski definition) is 1. The zero-order valence-electron chi connectivity index (χ0n) is 9.94. The molecule has 2 aliphatic rings. The van der Waals surface area contributed by atoms with Crippen LogP contribution >= 0.6 is 0 Å². The minimum atomic E-state index is 0.166. The molecule has 0 aromatic carbocycles. The average molecular weight is 210 g/mol. The van der Waals surface area contributed by atoms with E-state index in [-0.39, 0.29) is 5.92 Å². The molecule has 0 aromatic rings. The Morgan fingerprint density at radius 3 is 2.27 bits per heavy atom. The van der Waals surface area contributed by atoms with Gasteiger partial charge in [-0.2, -0.15) is 0 Å². The summed E-state index contributed by atoms with van der Waals surface area (Å²) in [7, 11) is 0. The summed E-state index contributed by atoms with van der Waals surface area (Å²) in [5.74, 6) is 3.10. The van der Waals surface area contributed by atoms with E-state index < -0.39 is 0 Å². The Labute approximate surface area is 92.0 Å². The highest BCUT2D eigenvalue weighted by atomic mass is 16.2. The third-order valence-corrected chi connectivity index (χ3v) is 4.34. The predicted octanol–water partition coefficient (Wildman–Crippen LogP) is 0.942. The number of hydrogen-bond acceptors (Lipinski definition) is 2. The second-order valence-electron chi connectivity index (χ2n) is 5.50. The second-order valence-corrected chi connectivity index (χ2v) is 5.50. The minimum Gasteiger partial charge on any atom is -0.342 e. The third kappa shape index (κ3) is 1.78. The lowest BCUT2D eigenvalue weighted by Gasteiger charge is -2.25. The van der Waals surface area contributed by atoms with Crippen LogP contribution in [0.2, 0.25) is 0 Å². The van der Waals surface area contributed by atoms with Crippen LogP contribution < -0.4 is 5.73 Å². The van der Waals surface area contributed by atoms with E-state index in [2.05, 4.69) is 13.8 Å². The van der Waals surface area contributed by atoms with E-state index in [9.17, 15) is 4.79 Å². The van der Waals surface area contributed by atoms with Gasteiger partial charge in [0.15, 0.2) is 0 Å². The first-order chi connectivity index (χ1) is 7.06. The van der Waals surface area contributed by atoms with E-state index >= 15 is 0 Å². The van der Waals surface area contributed by atoms with Crippen LogP contribution in [0.5, 0.6) is 0 Å². The van der Waals surface area contributed by atoms with Gasteiger partial charge in [-0.1, -0.05) is 20.8 Å². The van der Waals surface area contributed by atoms with Gasteiger partial charge >= 0.3 is 0 Å². The van der Waals surface area contributed by atoms with E-state index in [1.165, 1.54) is 0 Å². The van der Waals surface area contributed by atoms with E-state index in [1.807, 2.05) is 11.8 Å². The van der Waals surface area contributed by atoms with Gasteiger partial charge < -0.3 is 10.6 Å². The largest absolute Gasteiger partial charge is 0.342 e. The number of rotatable bonds is 3. The first-order valence-corrected chi connectivity index (χ1v) is 6.05. The zero-order chi connectivity index (χ0) is 11.2. The molecule has 1 heterocycles. The Bertz CT molecular complexity index is 252. The predicted molar refractivity (Wildman–Crippen MR) is 60.1 cm³/mol. The van der Waals surface area contributed by atoms with Crippen molar-refractivity contribution in [2.75, 3.05) is 19.6 Å². The van der Waals surface area contributed by atoms with Gasteiger partial charge in [-0.25, -0.2) is 0 Å². The lowest BCUT2D eigenvalue weighted by molar-refractivity contribution is -0.135. The summed E-state index contributed by atoms with van der Waals surface area (Å²) in [5.41, 5.74) is 5.65. The normalized spacial score (nSPS) is 35.5. The van der Waals surface area contributed by atoms with Gasteiger partial charge in [0.2, 0.25) is 5.91 Å². The molecule has 2 rings (SSSR count). The maximum atomic E-state index is 12.0. The van der Waals surface area contributed by atoms with Crippen molar-refractivity contribution >= 4 is 5.91 Å². The topological polar surface area (TPSA) is 46.3 Å². The van der Waals surface area contributed by atoms with Crippen LogP contribution in [0.25, 0.3) is 0 Å². The number of nitrogens with two attached hydrogens (primary N) is 1. The highest BCUT2D eigenvalue weighted by Gasteiger charge is 2.55. The Hall–Kier alpha value is -0.570. The Morgan fingerprint density at radius 1 is 1.33 bits per heavy atom. The highest BCUT2D eigenvalue weighted by molar-refractivity contribution is 5.79. The van der Waals surface area contributed by atoms with Crippen molar-refractivity contribution in [2.45, 2.75) is 20.8 Å². The van der Waals surface area contributed by atoms with Crippen LogP contribution in [0.15, 0.2) is 0 Å². The van der Waals surface area contributed by atoms with Crippen molar-refractivity contribution in [2.24, 2.45) is 35.3 Å². The van der Waals surface area contributed by atoms with Gasteiger partial charge in [0.05, 0.1) is 0 Å². The molecular weight excluding hydrogens is 188 g/mol. The number of likely N-dealkylation sites (tertiary alicyclic amines) is 1. The molecule has 0 bridgehead atoms. The maximum Gasteiger partial charge on any atom is 0.225 e. The van der Waals surface area contributed by atoms with Crippen molar-refractivity contribution < 1.29 is 4.79 Å². The van der Waals surface area contributed by atoms with Crippen LogP contribution in [-0.4, -0.2) is 30.4 Å². The number of piperidine rings is 1.